The predicted molar refractivity (Wildman–Crippen MR) is 74.4 cm³/mol. The first-order valence-corrected chi connectivity index (χ1v) is 6.70. The Kier molecular flexibility index (Phi) is 4.04. The summed E-state index contributed by atoms with van der Waals surface area (Å²) in [6.07, 6.45) is 5.18. The van der Waals surface area contributed by atoms with Gasteiger partial charge in [-0.1, -0.05) is 25.3 Å². The Balaban J connectivity index is 2.25. The number of nitro benzene ring substituents is 1. The second-order valence-corrected chi connectivity index (χ2v) is 5.38. The van der Waals surface area contributed by atoms with Gasteiger partial charge in [0.05, 0.1) is 17.1 Å². The fraction of sp³-hybridized carbons (Fsp3) is 0.571. The second kappa shape index (κ2) is 5.57. The molecule has 1 saturated carbocycles. The van der Waals surface area contributed by atoms with Crippen LogP contribution in [0, 0.1) is 17.0 Å². The Bertz CT molecular complexity index is 468. The Morgan fingerprint density at radius 2 is 2.05 bits per heavy atom. The van der Waals surface area contributed by atoms with Crippen molar-refractivity contribution in [2.45, 2.75) is 44.6 Å². The van der Waals surface area contributed by atoms with Crippen molar-refractivity contribution in [3.8, 4) is 0 Å². The van der Waals surface area contributed by atoms with E-state index in [4.69, 9.17) is 0 Å². The van der Waals surface area contributed by atoms with E-state index in [9.17, 15) is 15.2 Å². The van der Waals surface area contributed by atoms with E-state index in [1.165, 1.54) is 12.5 Å². The zero-order valence-corrected chi connectivity index (χ0v) is 11.2. The van der Waals surface area contributed by atoms with Crippen molar-refractivity contribution in [2.24, 2.45) is 0 Å². The largest absolute Gasteiger partial charge is 0.394 e. The van der Waals surface area contributed by atoms with Gasteiger partial charge in [-0.15, -0.1) is 0 Å². The Morgan fingerprint density at radius 3 is 2.63 bits per heavy atom. The Morgan fingerprint density at radius 1 is 1.37 bits per heavy atom. The van der Waals surface area contributed by atoms with Crippen LogP contribution in [0.5, 0.6) is 0 Å². The molecule has 1 fully saturated rings. The summed E-state index contributed by atoms with van der Waals surface area (Å²) in [5.74, 6) is 0. The van der Waals surface area contributed by atoms with Gasteiger partial charge in [0.1, 0.15) is 0 Å². The molecule has 0 unspecified atom stereocenters. The van der Waals surface area contributed by atoms with E-state index in [1.807, 2.05) is 6.92 Å². The number of nitrogens with zero attached hydrogens (tertiary/aromatic N) is 1. The Labute approximate surface area is 112 Å². The molecule has 0 saturated heterocycles. The van der Waals surface area contributed by atoms with Gasteiger partial charge in [-0.05, 0) is 25.3 Å². The fourth-order valence-corrected chi connectivity index (χ4v) is 2.70. The standard InChI is InChI=1S/C14H20N2O3/c1-11-5-6-12(16(18)19)9-13(11)15-14(10-17)7-3-2-4-8-14/h5-6,9,15,17H,2-4,7-8,10H2,1H3. The quantitative estimate of drug-likeness (QED) is 0.647. The van der Waals surface area contributed by atoms with Crippen LogP contribution in [0.25, 0.3) is 0 Å². The number of hydrogen-bond acceptors (Lipinski definition) is 4. The third-order valence-corrected chi connectivity index (χ3v) is 3.95. The van der Waals surface area contributed by atoms with Crippen molar-refractivity contribution in [3.63, 3.8) is 0 Å². The van der Waals surface area contributed by atoms with Crippen LogP contribution in [0.2, 0.25) is 0 Å². The number of non-ortho nitro benzene ring substituents is 1. The molecule has 0 aliphatic heterocycles. The molecule has 2 N–H and O–H groups in total. The lowest BCUT2D eigenvalue weighted by Gasteiger charge is -2.37. The van der Waals surface area contributed by atoms with Crippen molar-refractivity contribution >= 4 is 11.4 Å². The molecular formula is C14H20N2O3. The molecule has 5 heteroatoms. The van der Waals surface area contributed by atoms with Gasteiger partial charge in [0, 0.05) is 17.8 Å². The molecule has 1 aliphatic carbocycles. The highest BCUT2D eigenvalue weighted by molar-refractivity contribution is 5.58. The normalized spacial score (nSPS) is 18.0. The van der Waals surface area contributed by atoms with Gasteiger partial charge in [-0.3, -0.25) is 10.1 Å². The molecule has 104 valence electrons. The van der Waals surface area contributed by atoms with Crippen molar-refractivity contribution in [3.05, 3.63) is 33.9 Å². The van der Waals surface area contributed by atoms with Gasteiger partial charge in [-0.25, -0.2) is 0 Å². The minimum atomic E-state index is -0.392. The number of benzene rings is 1. The maximum Gasteiger partial charge on any atom is 0.271 e. The lowest BCUT2D eigenvalue weighted by Crippen LogP contribution is -2.44. The third kappa shape index (κ3) is 3.04. The number of nitro groups is 1. The Hall–Kier alpha value is -1.62. The van der Waals surface area contributed by atoms with Crippen LogP contribution in [0.1, 0.15) is 37.7 Å². The molecule has 0 amide bonds. The SMILES string of the molecule is Cc1ccc([N+](=O)[O-])cc1NC1(CO)CCCCC1. The van der Waals surface area contributed by atoms with Gasteiger partial charge < -0.3 is 10.4 Å². The molecule has 0 radical (unpaired) electrons. The number of aliphatic hydroxyl groups is 1. The van der Waals surface area contributed by atoms with E-state index < -0.39 is 4.92 Å². The maximum absolute atomic E-state index is 10.8. The zero-order chi connectivity index (χ0) is 13.9. The molecule has 5 nitrogen and oxygen atoms in total. The monoisotopic (exact) mass is 264 g/mol. The van der Waals surface area contributed by atoms with E-state index >= 15 is 0 Å². The van der Waals surface area contributed by atoms with Crippen LogP contribution in [0.15, 0.2) is 18.2 Å². The number of aliphatic hydroxyl groups excluding tert-OH is 1. The van der Waals surface area contributed by atoms with Crippen LogP contribution in [-0.4, -0.2) is 22.2 Å². The summed E-state index contributed by atoms with van der Waals surface area (Å²) in [5.41, 5.74) is 1.48. The van der Waals surface area contributed by atoms with E-state index in [0.717, 1.165) is 36.9 Å². The first-order valence-electron chi connectivity index (χ1n) is 6.70. The van der Waals surface area contributed by atoms with E-state index in [0.29, 0.717) is 0 Å². The molecule has 1 aromatic rings. The summed E-state index contributed by atoms with van der Waals surface area (Å²) in [6.45, 7) is 1.98. The number of hydrogen-bond donors (Lipinski definition) is 2. The number of anilines is 1. The smallest absolute Gasteiger partial charge is 0.271 e. The summed E-state index contributed by atoms with van der Waals surface area (Å²) in [7, 11) is 0. The summed E-state index contributed by atoms with van der Waals surface area (Å²) in [5, 5.41) is 23.9. The highest BCUT2D eigenvalue weighted by Crippen LogP contribution is 2.33. The molecule has 0 spiro atoms. The molecular weight excluding hydrogens is 244 g/mol. The van der Waals surface area contributed by atoms with Gasteiger partial charge >= 0.3 is 0 Å². The molecule has 2 rings (SSSR count). The van der Waals surface area contributed by atoms with Crippen LogP contribution in [0.4, 0.5) is 11.4 Å². The second-order valence-electron chi connectivity index (χ2n) is 5.38. The number of aryl methyl sites for hydroxylation is 1. The molecule has 0 bridgehead atoms. The number of nitrogens with one attached hydrogen (secondary N) is 1. The van der Waals surface area contributed by atoms with Crippen LogP contribution < -0.4 is 5.32 Å². The first-order chi connectivity index (χ1) is 9.06. The minimum absolute atomic E-state index is 0.0646. The van der Waals surface area contributed by atoms with Crippen molar-refractivity contribution in [2.75, 3.05) is 11.9 Å². The van der Waals surface area contributed by atoms with Crippen LogP contribution >= 0.6 is 0 Å². The lowest BCUT2D eigenvalue weighted by atomic mass is 9.82. The highest BCUT2D eigenvalue weighted by atomic mass is 16.6. The van der Waals surface area contributed by atoms with Gasteiger partial charge in [0.15, 0.2) is 0 Å². The first kappa shape index (κ1) is 13.8. The van der Waals surface area contributed by atoms with Crippen molar-refractivity contribution in [1.29, 1.82) is 0 Å². The lowest BCUT2D eigenvalue weighted by molar-refractivity contribution is -0.384. The summed E-state index contributed by atoms with van der Waals surface area (Å²) in [6, 6.07) is 4.81. The van der Waals surface area contributed by atoms with E-state index in [2.05, 4.69) is 5.32 Å². The fourth-order valence-electron chi connectivity index (χ4n) is 2.70. The van der Waals surface area contributed by atoms with Crippen molar-refractivity contribution < 1.29 is 10.0 Å². The van der Waals surface area contributed by atoms with E-state index in [1.54, 1.807) is 12.1 Å². The average Bonchev–Trinajstić information content (AvgIpc) is 2.42. The number of rotatable bonds is 4. The van der Waals surface area contributed by atoms with E-state index in [-0.39, 0.29) is 17.8 Å². The third-order valence-electron chi connectivity index (χ3n) is 3.95. The zero-order valence-electron chi connectivity index (χ0n) is 11.2. The molecule has 0 heterocycles. The van der Waals surface area contributed by atoms with Crippen molar-refractivity contribution in [1.82, 2.24) is 0 Å². The summed E-state index contributed by atoms with van der Waals surface area (Å²) < 4.78 is 0. The minimum Gasteiger partial charge on any atom is -0.394 e. The summed E-state index contributed by atoms with van der Waals surface area (Å²) >= 11 is 0. The molecule has 0 aromatic heterocycles. The van der Waals surface area contributed by atoms with Gasteiger partial charge in [0.2, 0.25) is 0 Å². The molecule has 19 heavy (non-hydrogen) atoms. The molecule has 1 aliphatic rings. The maximum atomic E-state index is 10.8. The molecule has 1 aromatic carbocycles. The summed E-state index contributed by atoms with van der Waals surface area (Å²) in [4.78, 5) is 10.4. The molecule has 0 atom stereocenters. The predicted octanol–water partition coefficient (Wildman–Crippen LogP) is 3.01. The van der Waals surface area contributed by atoms with Crippen LogP contribution in [0.3, 0.4) is 0 Å². The average molecular weight is 264 g/mol. The van der Waals surface area contributed by atoms with Gasteiger partial charge in [-0.2, -0.15) is 0 Å². The van der Waals surface area contributed by atoms with Crippen LogP contribution in [-0.2, 0) is 0 Å². The van der Waals surface area contributed by atoms with Gasteiger partial charge in [0.25, 0.3) is 5.69 Å². The highest BCUT2D eigenvalue weighted by Gasteiger charge is 2.31. The topological polar surface area (TPSA) is 75.4 Å².